The van der Waals surface area contributed by atoms with Crippen molar-refractivity contribution in [3.8, 4) is 0 Å². The normalized spacial score (nSPS) is 10.6. The molecular formula is C14H21N5. The van der Waals surface area contributed by atoms with Gasteiger partial charge in [0.25, 0.3) is 0 Å². The predicted octanol–water partition coefficient (Wildman–Crippen LogP) is 2.23. The largest absolute Gasteiger partial charge is 0.394 e. The van der Waals surface area contributed by atoms with E-state index in [0.717, 1.165) is 43.1 Å². The van der Waals surface area contributed by atoms with Gasteiger partial charge < -0.3 is 11.1 Å². The number of rotatable bonds is 6. The standard InChI is InChI=1S/C14H21N5/c1-3-9-19-14(13(15)11(2)18-19)17-8-6-12-5-4-7-16-10-12/h4-5,7,10,17H,3,6,8-9,15H2,1-2H3. The lowest BCUT2D eigenvalue weighted by Gasteiger charge is -2.10. The monoisotopic (exact) mass is 259 g/mol. The number of aryl methyl sites for hydroxylation is 2. The van der Waals surface area contributed by atoms with Crippen LogP contribution in [-0.2, 0) is 13.0 Å². The zero-order valence-electron chi connectivity index (χ0n) is 11.6. The highest BCUT2D eigenvalue weighted by Gasteiger charge is 2.11. The van der Waals surface area contributed by atoms with Crippen molar-refractivity contribution in [3.63, 3.8) is 0 Å². The third kappa shape index (κ3) is 3.24. The molecule has 0 saturated heterocycles. The van der Waals surface area contributed by atoms with E-state index in [1.165, 1.54) is 5.56 Å². The molecule has 102 valence electrons. The second kappa shape index (κ2) is 6.22. The fourth-order valence-electron chi connectivity index (χ4n) is 2.03. The molecule has 0 aliphatic heterocycles. The van der Waals surface area contributed by atoms with Gasteiger partial charge in [-0.3, -0.25) is 4.98 Å². The summed E-state index contributed by atoms with van der Waals surface area (Å²) in [4.78, 5) is 4.11. The second-order valence-corrected chi connectivity index (χ2v) is 4.61. The molecule has 0 spiro atoms. The van der Waals surface area contributed by atoms with Gasteiger partial charge in [-0.1, -0.05) is 13.0 Å². The van der Waals surface area contributed by atoms with Crippen LogP contribution in [0.1, 0.15) is 24.6 Å². The summed E-state index contributed by atoms with van der Waals surface area (Å²) in [6.07, 6.45) is 5.63. The first-order valence-electron chi connectivity index (χ1n) is 6.68. The molecule has 0 aromatic carbocycles. The van der Waals surface area contributed by atoms with E-state index in [4.69, 9.17) is 5.73 Å². The van der Waals surface area contributed by atoms with E-state index < -0.39 is 0 Å². The number of hydrogen-bond acceptors (Lipinski definition) is 4. The molecule has 0 amide bonds. The molecule has 5 heteroatoms. The van der Waals surface area contributed by atoms with Crippen molar-refractivity contribution in [1.82, 2.24) is 14.8 Å². The lowest BCUT2D eigenvalue weighted by molar-refractivity contribution is 0.603. The van der Waals surface area contributed by atoms with Gasteiger partial charge in [-0.2, -0.15) is 5.10 Å². The minimum atomic E-state index is 0.750. The SMILES string of the molecule is CCCn1nc(C)c(N)c1NCCc1cccnc1. The van der Waals surface area contributed by atoms with Crippen LogP contribution < -0.4 is 11.1 Å². The van der Waals surface area contributed by atoms with Crippen LogP contribution in [0, 0.1) is 6.92 Å². The maximum atomic E-state index is 6.05. The zero-order valence-corrected chi connectivity index (χ0v) is 11.6. The average Bonchev–Trinajstić information content (AvgIpc) is 2.68. The van der Waals surface area contributed by atoms with Crippen molar-refractivity contribution < 1.29 is 0 Å². The molecule has 0 aliphatic carbocycles. The highest BCUT2D eigenvalue weighted by atomic mass is 15.3. The van der Waals surface area contributed by atoms with E-state index in [1.807, 2.05) is 23.9 Å². The van der Waals surface area contributed by atoms with Gasteiger partial charge in [0.2, 0.25) is 0 Å². The summed E-state index contributed by atoms with van der Waals surface area (Å²) >= 11 is 0. The quantitative estimate of drug-likeness (QED) is 0.834. The lowest BCUT2D eigenvalue weighted by atomic mass is 10.2. The molecule has 0 fully saturated rings. The molecule has 3 N–H and O–H groups in total. The van der Waals surface area contributed by atoms with Gasteiger partial charge in [-0.05, 0) is 31.4 Å². The molecule has 2 aromatic rings. The molecule has 0 unspecified atom stereocenters. The Morgan fingerprint density at radius 2 is 2.26 bits per heavy atom. The smallest absolute Gasteiger partial charge is 0.148 e. The summed E-state index contributed by atoms with van der Waals surface area (Å²) < 4.78 is 1.95. The molecule has 0 bridgehead atoms. The number of hydrogen-bond donors (Lipinski definition) is 2. The number of pyridine rings is 1. The van der Waals surface area contributed by atoms with E-state index >= 15 is 0 Å². The van der Waals surface area contributed by atoms with E-state index in [1.54, 1.807) is 6.20 Å². The Bertz CT molecular complexity index is 518. The van der Waals surface area contributed by atoms with Crippen molar-refractivity contribution in [2.24, 2.45) is 0 Å². The summed E-state index contributed by atoms with van der Waals surface area (Å²) in [7, 11) is 0. The molecule has 0 saturated carbocycles. The van der Waals surface area contributed by atoms with Crippen molar-refractivity contribution in [1.29, 1.82) is 0 Å². The second-order valence-electron chi connectivity index (χ2n) is 4.61. The van der Waals surface area contributed by atoms with Crippen LogP contribution >= 0.6 is 0 Å². The molecule has 2 aromatic heterocycles. The predicted molar refractivity (Wildman–Crippen MR) is 78.1 cm³/mol. The summed E-state index contributed by atoms with van der Waals surface area (Å²) in [5, 5.41) is 7.83. The highest BCUT2D eigenvalue weighted by Crippen LogP contribution is 2.22. The molecule has 2 heterocycles. The van der Waals surface area contributed by atoms with Gasteiger partial charge in [0.1, 0.15) is 5.82 Å². The third-order valence-corrected chi connectivity index (χ3v) is 3.04. The first-order chi connectivity index (χ1) is 9.22. The fourth-order valence-corrected chi connectivity index (χ4v) is 2.03. The number of anilines is 2. The Hall–Kier alpha value is -2.04. The summed E-state index contributed by atoms with van der Waals surface area (Å²) in [5.41, 5.74) is 8.91. The molecule has 2 rings (SSSR count). The maximum absolute atomic E-state index is 6.05. The third-order valence-electron chi connectivity index (χ3n) is 3.04. The van der Waals surface area contributed by atoms with Crippen LogP contribution in [0.2, 0.25) is 0 Å². The van der Waals surface area contributed by atoms with Crippen molar-refractivity contribution >= 4 is 11.5 Å². The summed E-state index contributed by atoms with van der Waals surface area (Å²) in [5.74, 6) is 0.934. The molecule has 0 radical (unpaired) electrons. The van der Waals surface area contributed by atoms with Crippen LogP contribution in [0.4, 0.5) is 11.5 Å². The Morgan fingerprint density at radius 1 is 1.42 bits per heavy atom. The minimum Gasteiger partial charge on any atom is -0.394 e. The molecule has 5 nitrogen and oxygen atoms in total. The maximum Gasteiger partial charge on any atom is 0.148 e. The summed E-state index contributed by atoms with van der Waals surface area (Å²) in [6, 6.07) is 4.03. The minimum absolute atomic E-state index is 0.750. The number of nitrogens with one attached hydrogen (secondary N) is 1. The van der Waals surface area contributed by atoms with E-state index in [0.29, 0.717) is 0 Å². The van der Waals surface area contributed by atoms with Gasteiger partial charge in [0.05, 0.1) is 11.4 Å². The Labute approximate surface area is 113 Å². The Morgan fingerprint density at radius 3 is 2.95 bits per heavy atom. The molecule has 0 atom stereocenters. The first-order valence-corrected chi connectivity index (χ1v) is 6.68. The molecular weight excluding hydrogens is 238 g/mol. The number of nitrogens with zero attached hydrogens (tertiary/aromatic N) is 3. The number of aromatic nitrogens is 3. The topological polar surface area (TPSA) is 68.8 Å². The van der Waals surface area contributed by atoms with Crippen LogP contribution in [0.5, 0.6) is 0 Å². The van der Waals surface area contributed by atoms with Crippen molar-refractivity contribution in [2.45, 2.75) is 33.2 Å². The van der Waals surface area contributed by atoms with E-state index in [2.05, 4.69) is 28.4 Å². The average molecular weight is 259 g/mol. The Kier molecular flexibility index (Phi) is 4.39. The van der Waals surface area contributed by atoms with Crippen molar-refractivity contribution in [2.75, 3.05) is 17.6 Å². The van der Waals surface area contributed by atoms with Crippen molar-refractivity contribution in [3.05, 3.63) is 35.8 Å². The Balaban J connectivity index is 1.99. The summed E-state index contributed by atoms with van der Waals surface area (Å²) in [6.45, 7) is 5.78. The first kappa shape index (κ1) is 13.4. The zero-order chi connectivity index (χ0) is 13.7. The highest BCUT2D eigenvalue weighted by molar-refractivity contribution is 5.64. The van der Waals surface area contributed by atoms with Crippen LogP contribution in [0.25, 0.3) is 0 Å². The van der Waals surface area contributed by atoms with Gasteiger partial charge in [0, 0.05) is 25.5 Å². The molecule has 0 aliphatic rings. The fraction of sp³-hybridized carbons (Fsp3) is 0.429. The molecule has 19 heavy (non-hydrogen) atoms. The van der Waals surface area contributed by atoms with Crippen LogP contribution in [-0.4, -0.2) is 21.3 Å². The van der Waals surface area contributed by atoms with Gasteiger partial charge in [-0.25, -0.2) is 4.68 Å². The lowest BCUT2D eigenvalue weighted by Crippen LogP contribution is -2.12. The van der Waals surface area contributed by atoms with Gasteiger partial charge in [0.15, 0.2) is 0 Å². The number of nitrogen functional groups attached to an aromatic ring is 1. The number of nitrogens with two attached hydrogens (primary N) is 1. The van der Waals surface area contributed by atoms with Gasteiger partial charge >= 0.3 is 0 Å². The van der Waals surface area contributed by atoms with E-state index in [9.17, 15) is 0 Å². The van der Waals surface area contributed by atoms with Crippen LogP contribution in [0.15, 0.2) is 24.5 Å². The van der Waals surface area contributed by atoms with Gasteiger partial charge in [-0.15, -0.1) is 0 Å². The van der Waals surface area contributed by atoms with Crippen LogP contribution in [0.3, 0.4) is 0 Å². The van der Waals surface area contributed by atoms with E-state index in [-0.39, 0.29) is 0 Å².